The van der Waals surface area contributed by atoms with E-state index in [2.05, 4.69) is 20.9 Å². The van der Waals surface area contributed by atoms with Gasteiger partial charge in [0.15, 0.2) is 0 Å². The molecule has 2 rings (SSSR count). The second-order valence-electron chi connectivity index (χ2n) is 3.65. The Hall–Kier alpha value is -1.39. The fraction of sp³-hybridized carbons (Fsp3) is 0.154. The summed E-state index contributed by atoms with van der Waals surface area (Å²) in [4.78, 5) is 4.17. The van der Waals surface area contributed by atoms with Gasteiger partial charge in [0.1, 0.15) is 5.75 Å². The Balaban J connectivity index is 2.23. The highest BCUT2D eigenvalue weighted by Crippen LogP contribution is 2.29. The van der Waals surface area contributed by atoms with Crippen LogP contribution in [0.25, 0.3) is 0 Å². The van der Waals surface area contributed by atoms with Crippen LogP contribution < -0.4 is 4.74 Å². The van der Waals surface area contributed by atoms with Crippen molar-refractivity contribution in [2.24, 2.45) is 0 Å². The van der Waals surface area contributed by atoms with Gasteiger partial charge in [-0.1, -0.05) is 18.2 Å². The van der Waals surface area contributed by atoms with E-state index in [9.17, 15) is 5.11 Å². The van der Waals surface area contributed by atoms with E-state index in [0.29, 0.717) is 5.88 Å². The van der Waals surface area contributed by atoms with E-state index >= 15 is 0 Å². The molecule has 1 heterocycles. The zero-order valence-electron chi connectivity index (χ0n) is 9.30. The summed E-state index contributed by atoms with van der Waals surface area (Å²) in [5.41, 5.74) is 0.747. The highest BCUT2D eigenvalue weighted by Gasteiger charge is 2.08. The number of hydrogen-bond acceptors (Lipinski definition) is 3. The number of ether oxygens (including phenoxy) is 1. The van der Waals surface area contributed by atoms with Crippen molar-refractivity contribution < 1.29 is 9.84 Å². The van der Waals surface area contributed by atoms with Gasteiger partial charge in [-0.05, 0) is 46.6 Å². The van der Waals surface area contributed by atoms with Gasteiger partial charge in [-0.15, -0.1) is 0 Å². The molecule has 0 amide bonds. The summed E-state index contributed by atoms with van der Waals surface area (Å²) in [7, 11) is 0. The fourth-order valence-corrected chi connectivity index (χ4v) is 1.79. The van der Waals surface area contributed by atoms with E-state index in [-0.39, 0.29) is 0 Å². The van der Waals surface area contributed by atoms with Gasteiger partial charge in [-0.2, -0.15) is 0 Å². The predicted octanol–water partition coefficient (Wildman–Crippen LogP) is 3.69. The predicted molar refractivity (Wildman–Crippen MR) is 69.1 cm³/mol. The molecule has 0 spiro atoms. The zero-order valence-corrected chi connectivity index (χ0v) is 10.9. The van der Waals surface area contributed by atoms with Crippen LogP contribution in [0.15, 0.2) is 47.1 Å². The van der Waals surface area contributed by atoms with Crippen molar-refractivity contribution in [2.75, 3.05) is 0 Å². The molecule has 0 aliphatic carbocycles. The first-order valence-electron chi connectivity index (χ1n) is 5.23. The van der Waals surface area contributed by atoms with E-state index in [0.717, 1.165) is 15.8 Å². The molecule has 0 saturated heterocycles. The van der Waals surface area contributed by atoms with Gasteiger partial charge in [-0.25, -0.2) is 4.98 Å². The molecule has 0 aliphatic rings. The maximum Gasteiger partial charge on any atom is 0.233 e. The van der Waals surface area contributed by atoms with Crippen LogP contribution in [0.5, 0.6) is 11.6 Å². The number of aromatic nitrogens is 1. The lowest BCUT2D eigenvalue weighted by atomic mass is 10.2. The van der Waals surface area contributed by atoms with Gasteiger partial charge in [0.2, 0.25) is 5.88 Å². The molecule has 1 unspecified atom stereocenters. The summed E-state index contributed by atoms with van der Waals surface area (Å²) in [6, 6.07) is 11.2. The second kappa shape index (κ2) is 5.29. The molecular weight excluding hydrogens is 282 g/mol. The minimum atomic E-state index is -0.537. The zero-order chi connectivity index (χ0) is 12.3. The minimum Gasteiger partial charge on any atom is -0.438 e. The van der Waals surface area contributed by atoms with Crippen molar-refractivity contribution in [3.05, 3.63) is 52.6 Å². The smallest absolute Gasteiger partial charge is 0.233 e. The number of para-hydroxylation sites is 1. The van der Waals surface area contributed by atoms with Crippen molar-refractivity contribution >= 4 is 15.9 Å². The van der Waals surface area contributed by atoms with Crippen molar-refractivity contribution in [3.8, 4) is 11.6 Å². The third-order valence-electron chi connectivity index (χ3n) is 2.27. The Kier molecular flexibility index (Phi) is 3.76. The summed E-state index contributed by atoms with van der Waals surface area (Å²) >= 11 is 3.37. The van der Waals surface area contributed by atoms with Gasteiger partial charge in [0, 0.05) is 6.20 Å². The first-order valence-corrected chi connectivity index (χ1v) is 6.02. The minimum absolute atomic E-state index is 0.487. The third kappa shape index (κ3) is 3.05. The van der Waals surface area contributed by atoms with Crippen LogP contribution >= 0.6 is 15.9 Å². The number of pyridine rings is 1. The SMILES string of the molecule is CC(O)c1cnc(Oc2ccccc2)c(Br)c1. The molecule has 0 aliphatic heterocycles. The van der Waals surface area contributed by atoms with E-state index in [1.165, 1.54) is 0 Å². The van der Waals surface area contributed by atoms with E-state index in [4.69, 9.17) is 4.74 Å². The van der Waals surface area contributed by atoms with Crippen LogP contribution in [0.3, 0.4) is 0 Å². The highest BCUT2D eigenvalue weighted by atomic mass is 79.9. The normalized spacial score (nSPS) is 12.2. The molecule has 17 heavy (non-hydrogen) atoms. The molecule has 88 valence electrons. The first-order chi connectivity index (χ1) is 8.16. The topological polar surface area (TPSA) is 42.4 Å². The molecule has 1 N–H and O–H groups in total. The Morgan fingerprint density at radius 1 is 1.29 bits per heavy atom. The maximum atomic E-state index is 9.43. The molecular formula is C13H12BrNO2. The maximum absolute atomic E-state index is 9.43. The van der Waals surface area contributed by atoms with E-state index in [1.54, 1.807) is 19.2 Å². The first kappa shape index (κ1) is 12.1. The van der Waals surface area contributed by atoms with Crippen LogP contribution in [0, 0.1) is 0 Å². The monoisotopic (exact) mass is 293 g/mol. The number of aliphatic hydroxyl groups excluding tert-OH is 1. The molecule has 0 radical (unpaired) electrons. The van der Waals surface area contributed by atoms with Gasteiger partial charge in [-0.3, -0.25) is 0 Å². The van der Waals surface area contributed by atoms with Crippen molar-refractivity contribution in [1.29, 1.82) is 0 Å². The highest BCUT2D eigenvalue weighted by molar-refractivity contribution is 9.10. The Bertz CT molecular complexity index is 500. The second-order valence-corrected chi connectivity index (χ2v) is 4.50. The molecule has 0 bridgehead atoms. The standard InChI is InChI=1S/C13H12BrNO2/c1-9(16)10-7-12(14)13(15-8-10)17-11-5-3-2-4-6-11/h2-9,16H,1H3. The van der Waals surface area contributed by atoms with Crippen LogP contribution in [0.1, 0.15) is 18.6 Å². The van der Waals surface area contributed by atoms with Crippen molar-refractivity contribution in [1.82, 2.24) is 4.98 Å². The summed E-state index contributed by atoms with van der Waals surface area (Å²) in [5, 5.41) is 9.43. The molecule has 0 fully saturated rings. The average Bonchev–Trinajstić information content (AvgIpc) is 2.33. The Morgan fingerprint density at radius 3 is 2.59 bits per heavy atom. The van der Waals surface area contributed by atoms with Gasteiger partial charge in [0.25, 0.3) is 0 Å². The Morgan fingerprint density at radius 2 is 2.00 bits per heavy atom. The number of halogens is 1. The number of hydrogen-bond donors (Lipinski definition) is 1. The molecule has 3 nitrogen and oxygen atoms in total. The van der Waals surface area contributed by atoms with Gasteiger partial charge in [0.05, 0.1) is 10.6 Å². The van der Waals surface area contributed by atoms with Crippen molar-refractivity contribution in [3.63, 3.8) is 0 Å². The van der Waals surface area contributed by atoms with Gasteiger partial charge < -0.3 is 9.84 Å². The molecule has 4 heteroatoms. The van der Waals surface area contributed by atoms with Crippen LogP contribution in [0.2, 0.25) is 0 Å². The lowest BCUT2D eigenvalue weighted by Gasteiger charge is -2.09. The average molecular weight is 294 g/mol. The number of aliphatic hydroxyl groups is 1. The summed E-state index contributed by atoms with van der Waals surface area (Å²) < 4.78 is 6.33. The molecule has 2 aromatic rings. The lowest BCUT2D eigenvalue weighted by Crippen LogP contribution is -1.95. The summed E-state index contributed by atoms with van der Waals surface area (Å²) in [5.74, 6) is 1.21. The van der Waals surface area contributed by atoms with Crippen LogP contribution in [-0.2, 0) is 0 Å². The summed E-state index contributed by atoms with van der Waals surface area (Å²) in [6.07, 6.45) is 1.07. The quantitative estimate of drug-likeness (QED) is 0.938. The number of nitrogens with zero attached hydrogens (tertiary/aromatic N) is 1. The van der Waals surface area contributed by atoms with Crippen LogP contribution in [-0.4, -0.2) is 10.1 Å². The lowest BCUT2D eigenvalue weighted by molar-refractivity contribution is 0.198. The third-order valence-corrected chi connectivity index (χ3v) is 2.84. The molecule has 1 aromatic carbocycles. The van der Waals surface area contributed by atoms with Crippen LogP contribution in [0.4, 0.5) is 0 Å². The van der Waals surface area contributed by atoms with E-state index in [1.807, 2.05) is 30.3 Å². The fourth-order valence-electron chi connectivity index (χ4n) is 1.34. The van der Waals surface area contributed by atoms with Gasteiger partial charge >= 0.3 is 0 Å². The van der Waals surface area contributed by atoms with E-state index < -0.39 is 6.10 Å². The molecule has 1 aromatic heterocycles. The Labute approximate surface area is 108 Å². The molecule has 0 saturated carbocycles. The summed E-state index contributed by atoms with van der Waals surface area (Å²) in [6.45, 7) is 1.70. The number of rotatable bonds is 3. The van der Waals surface area contributed by atoms with Crippen molar-refractivity contribution in [2.45, 2.75) is 13.0 Å². The largest absolute Gasteiger partial charge is 0.438 e. The number of benzene rings is 1. The molecule has 1 atom stereocenters.